The van der Waals surface area contributed by atoms with Gasteiger partial charge in [0.2, 0.25) is 5.91 Å². The van der Waals surface area contributed by atoms with Crippen LogP contribution in [0.2, 0.25) is 0 Å². The Bertz CT molecular complexity index is 739. The first-order valence-corrected chi connectivity index (χ1v) is 9.26. The number of esters is 1. The first-order chi connectivity index (χ1) is 13.4. The molecular formula is C20H25N3O5. The summed E-state index contributed by atoms with van der Waals surface area (Å²) in [6, 6.07) is 8.33. The third-order valence-electron chi connectivity index (χ3n) is 4.17. The molecule has 2 rings (SSSR count). The molecule has 3 N–H and O–H groups in total. The fourth-order valence-corrected chi connectivity index (χ4v) is 2.89. The maximum absolute atomic E-state index is 12.2. The van der Waals surface area contributed by atoms with Crippen molar-refractivity contribution in [2.45, 2.75) is 45.1 Å². The van der Waals surface area contributed by atoms with E-state index in [-0.39, 0.29) is 11.7 Å². The molecule has 1 fully saturated rings. The molecule has 8 heteroatoms. The molecular weight excluding hydrogens is 362 g/mol. The van der Waals surface area contributed by atoms with E-state index in [1.165, 1.54) is 13.0 Å². The maximum atomic E-state index is 12.2. The summed E-state index contributed by atoms with van der Waals surface area (Å²) in [5, 5.41) is 7.26. The zero-order chi connectivity index (χ0) is 20.4. The number of imide groups is 1. The van der Waals surface area contributed by atoms with Crippen LogP contribution >= 0.6 is 0 Å². The van der Waals surface area contributed by atoms with Crippen molar-refractivity contribution >= 4 is 29.9 Å². The van der Waals surface area contributed by atoms with Crippen LogP contribution in [-0.4, -0.2) is 36.5 Å². The van der Waals surface area contributed by atoms with E-state index in [1.54, 1.807) is 24.3 Å². The van der Waals surface area contributed by atoms with E-state index in [0.717, 1.165) is 32.1 Å². The number of hydrogen-bond acceptors (Lipinski definition) is 5. The summed E-state index contributed by atoms with van der Waals surface area (Å²) in [4.78, 5) is 47.2. The van der Waals surface area contributed by atoms with E-state index in [2.05, 4.69) is 16.0 Å². The molecule has 4 amide bonds. The zero-order valence-electron chi connectivity index (χ0n) is 15.8. The van der Waals surface area contributed by atoms with Gasteiger partial charge in [0.05, 0.1) is 0 Å². The molecule has 150 valence electrons. The monoisotopic (exact) mass is 387 g/mol. The molecule has 0 spiro atoms. The first kappa shape index (κ1) is 21.1. The SMILES string of the molecule is CC(=O)N/C(=C\c1ccccc1)C(=O)OCC(=O)NC(=O)NC1CCCCC1. The fraction of sp³-hybridized carbons (Fsp3) is 0.400. The van der Waals surface area contributed by atoms with Crippen LogP contribution in [0.4, 0.5) is 4.79 Å². The standard InChI is InChI=1S/C20H25N3O5/c1-14(24)21-17(12-15-8-4-2-5-9-15)19(26)28-13-18(25)23-20(27)22-16-10-6-3-7-11-16/h2,4-5,8-9,12,16H,3,6-7,10-11,13H2,1H3,(H,21,24)(H2,22,23,25,27)/b17-12-. The lowest BCUT2D eigenvalue weighted by Gasteiger charge is -2.22. The molecule has 0 heterocycles. The second kappa shape index (κ2) is 10.9. The summed E-state index contributed by atoms with van der Waals surface area (Å²) in [7, 11) is 0. The molecule has 1 aromatic carbocycles. The Morgan fingerprint density at radius 2 is 1.71 bits per heavy atom. The summed E-state index contributed by atoms with van der Waals surface area (Å²) in [5.74, 6) is -2.07. The Kier molecular flexibility index (Phi) is 8.20. The molecule has 0 atom stereocenters. The highest BCUT2D eigenvalue weighted by molar-refractivity contribution is 6.00. The van der Waals surface area contributed by atoms with Crippen LogP contribution in [0, 0.1) is 0 Å². The number of hydrogen-bond donors (Lipinski definition) is 3. The topological polar surface area (TPSA) is 114 Å². The van der Waals surface area contributed by atoms with E-state index < -0.39 is 30.4 Å². The molecule has 0 radical (unpaired) electrons. The van der Waals surface area contributed by atoms with Gasteiger partial charge in [-0.05, 0) is 24.5 Å². The van der Waals surface area contributed by atoms with Gasteiger partial charge in [-0.2, -0.15) is 0 Å². The van der Waals surface area contributed by atoms with Crippen LogP contribution < -0.4 is 16.0 Å². The average Bonchev–Trinajstić information content (AvgIpc) is 2.66. The highest BCUT2D eigenvalue weighted by Gasteiger charge is 2.19. The smallest absolute Gasteiger partial charge is 0.355 e. The summed E-state index contributed by atoms with van der Waals surface area (Å²) >= 11 is 0. The lowest BCUT2D eigenvalue weighted by atomic mass is 9.96. The second-order valence-electron chi connectivity index (χ2n) is 6.58. The van der Waals surface area contributed by atoms with E-state index in [0.29, 0.717) is 5.56 Å². The minimum atomic E-state index is -0.873. The van der Waals surface area contributed by atoms with Gasteiger partial charge in [0.25, 0.3) is 5.91 Å². The van der Waals surface area contributed by atoms with Crippen molar-refractivity contribution in [2.24, 2.45) is 0 Å². The lowest BCUT2D eigenvalue weighted by molar-refractivity contribution is -0.145. The summed E-state index contributed by atoms with van der Waals surface area (Å²) in [6.45, 7) is 0.622. The zero-order valence-corrected chi connectivity index (χ0v) is 15.8. The Morgan fingerprint density at radius 3 is 2.36 bits per heavy atom. The number of amides is 4. The van der Waals surface area contributed by atoms with Crippen molar-refractivity contribution in [1.29, 1.82) is 0 Å². The molecule has 1 saturated carbocycles. The number of carbonyl (C=O) groups excluding carboxylic acids is 4. The third-order valence-corrected chi connectivity index (χ3v) is 4.17. The molecule has 0 aromatic heterocycles. The van der Waals surface area contributed by atoms with Gasteiger partial charge in [-0.1, -0.05) is 49.6 Å². The van der Waals surface area contributed by atoms with Crippen LogP contribution in [0.15, 0.2) is 36.0 Å². The van der Waals surface area contributed by atoms with E-state index in [9.17, 15) is 19.2 Å². The molecule has 1 aromatic rings. The van der Waals surface area contributed by atoms with Gasteiger partial charge in [0.1, 0.15) is 5.70 Å². The fourth-order valence-electron chi connectivity index (χ4n) is 2.89. The summed E-state index contributed by atoms with van der Waals surface area (Å²) < 4.78 is 4.92. The van der Waals surface area contributed by atoms with Crippen LogP contribution in [-0.2, 0) is 19.1 Å². The minimum absolute atomic E-state index is 0.0595. The highest BCUT2D eigenvalue weighted by Crippen LogP contribution is 2.17. The lowest BCUT2D eigenvalue weighted by Crippen LogP contribution is -2.46. The number of ether oxygens (including phenoxy) is 1. The summed E-state index contributed by atoms with van der Waals surface area (Å²) in [6.07, 6.45) is 6.48. The quantitative estimate of drug-likeness (QED) is 0.509. The number of nitrogens with one attached hydrogen (secondary N) is 3. The molecule has 28 heavy (non-hydrogen) atoms. The molecule has 0 saturated heterocycles. The van der Waals surface area contributed by atoms with Crippen molar-refractivity contribution in [3.63, 3.8) is 0 Å². The van der Waals surface area contributed by atoms with Crippen LogP contribution in [0.5, 0.6) is 0 Å². The van der Waals surface area contributed by atoms with E-state index in [4.69, 9.17) is 4.74 Å². The largest absolute Gasteiger partial charge is 0.451 e. The van der Waals surface area contributed by atoms with Gasteiger partial charge in [0.15, 0.2) is 6.61 Å². The molecule has 0 bridgehead atoms. The molecule has 8 nitrogen and oxygen atoms in total. The second-order valence-corrected chi connectivity index (χ2v) is 6.58. The number of rotatable bonds is 6. The van der Waals surface area contributed by atoms with Crippen LogP contribution in [0.1, 0.15) is 44.6 Å². The van der Waals surface area contributed by atoms with Gasteiger partial charge in [0, 0.05) is 13.0 Å². The highest BCUT2D eigenvalue weighted by atomic mass is 16.5. The van der Waals surface area contributed by atoms with Gasteiger partial charge < -0.3 is 15.4 Å². The Morgan fingerprint density at radius 1 is 1.04 bits per heavy atom. The van der Waals surface area contributed by atoms with Crippen molar-refractivity contribution in [2.75, 3.05) is 6.61 Å². The van der Waals surface area contributed by atoms with Crippen molar-refractivity contribution in [3.05, 3.63) is 41.6 Å². The molecule has 0 aliphatic heterocycles. The normalized spacial score (nSPS) is 14.7. The Labute approximate surface area is 163 Å². The van der Waals surface area contributed by atoms with Gasteiger partial charge in [-0.25, -0.2) is 9.59 Å². The number of carbonyl (C=O) groups is 4. The summed E-state index contributed by atoms with van der Waals surface area (Å²) in [5.41, 5.74) is 0.581. The van der Waals surface area contributed by atoms with Gasteiger partial charge in [-0.3, -0.25) is 14.9 Å². The Hall–Kier alpha value is -3.16. The molecule has 1 aliphatic rings. The van der Waals surface area contributed by atoms with E-state index >= 15 is 0 Å². The predicted octanol–water partition coefficient (Wildman–Crippen LogP) is 1.87. The predicted molar refractivity (Wildman–Crippen MR) is 103 cm³/mol. The average molecular weight is 387 g/mol. The van der Waals surface area contributed by atoms with Crippen molar-refractivity contribution < 1.29 is 23.9 Å². The van der Waals surface area contributed by atoms with Crippen molar-refractivity contribution in [1.82, 2.24) is 16.0 Å². The first-order valence-electron chi connectivity index (χ1n) is 9.26. The number of urea groups is 1. The van der Waals surface area contributed by atoms with Gasteiger partial charge in [-0.15, -0.1) is 0 Å². The number of benzene rings is 1. The minimum Gasteiger partial charge on any atom is -0.451 e. The Balaban J connectivity index is 1.85. The van der Waals surface area contributed by atoms with Crippen LogP contribution in [0.25, 0.3) is 6.08 Å². The molecule has 0 unspecified atom stereocenters. The molecule has 1 aliphatic carbocycles. The van der Waals surface area contributed by atoms with Crippen LogP contribution in [0.3, 0.4) is 0 Å². The maximum Gasteiger partial charge on any atom is 0.355 e. The van der Waals surface area contributed by atoms with Crippen molar-refractivity contribution in [3.8, 4) is 0 Å². The van der Waals surface area contributed by atoms with E-state index in [1.807, 2.05) is 6.07 Å². The third kappa shape index (κ3) is 7.61. The van der Waals surface area contributed by atoms with Gasteiger partial charge >= 0.3 is 12.0 Å².